The van der Waals surface area contributed by atoms with E-state index in [2.05, 4.69) is 23.3 Å². The summed E-state index contributed by atoms with van der Waals surface area (Å²) in [6, 6.07) is 26.6. The van der Waals surface area contributed by atoms with Gasteiger partial charge in [0.25, 0.3) is 10.0 Å². The van der Waals surface area contributed by atoms with Crippen LogP contribution in [0.25, 0.3) is 21.8 Å². The molecule has 0 radical (unpaired) electrons. The van der Waals surface area contributed by atoms with Crippen LogP contribution >= 0.6 is 0 Å². The third-order valence-corrected chi connectivity index (χ3v) is 9.79. The first-order chi connectivity index (χ1) is 20.2. The smallest absolute Gasteiger partial charge is 0.264 e. The summed E-state index contributed by atoms with van der Waals surface area (Å²) < 4.78 is 31.9. The van der Waals surface area contributed by atoms with E-state index in [-0.39, 0.29) is 10.7 Å². The predicted octanol–water partition coefficient (Wildman–Crippen LogP) is 5.33. The van der Waals surface area contributed by atoms with Crippen molar-refractivity contribution in [2.75, 3.05) is 30.5 Å². The van der Waals surface area contributed by atoms with Gasteiger partial charge in [-0.1, -0.05) is 68.4 Å². The molecule has 0 saturated carbocycles. The number of aryl methyl sites for hydroxylation is 3. The molecule has 5 aromatic rings. The van der Waals surface area contributed by atoms with E-state index in [1.807, 2.05) is 79.8 Å². The first-order valence-corrected chi connectivity index (χ1v) is 15.8. The van der Waals surface area contributed by atoms with Crippen molar-refractivity contribution in [3.8, 4) is 0 Å². The summed E-state index contributed by atoms with van der Waals surface area (Å²) in [5, 5.41) is 9.48. The number of hydrogen-bond donors (Lipinski definition) is 2. The Bertz CT molecular complexity index is 1830. The third-order valence-electron chi connectivity index (χ3n) is 7.97. The van der Waals surface area contributed by atoms with Crippen molar-refractivity contribution in [1.29, 1.82) is 5.41 Å². The number of likely N-dealkylation sites (N-methyl/N-ethyl adjacent to an activating group) is 1. The molecule has 0 unspecified atom stereocenters. The van der Waals surface area contributed by atoms with Crippen LogP contribution < -0.4 is 10.0 Å². The largest absolute Gasteiger partial charge is 0.384 e. The van der Waals surface area contributed by atoms with Gasteiger partial charge in [-0.2, -0.15) is 0 Å². The van der Waals surface area contributed by atoms with Crippen LogP contribution in [0.15, 0.2) is 89.8 Å². The molecule has 0 fully saturated rings. The zero-order valence-electron chi connectivity index (χ0n) is 24.4. The number of hydrogen-bond acceptors (Lipinski definition) is 5. The van der Waals surface area contributed by atoms with Gasteiger partial charge in [-0.25, -0.2) is 13.4 Å². The summed E-state index contributed by atoms with van der Waals surface area (Å²) in [6.45, 7) is 6.82. The number of nitrogens with two attached hydrogens (primary N) is 1. The van der Waals surface area contributed by atoms with Crippen molar-refractivity contribution in [1.82, 2.24) is 14.5 Å². The second-order valence-electron chi connectivity index (χ2n) is 10.5. The van der Waals surface area contributed by atoms with Gasteiger partial charge < -0.3 is 15.2 Å². The summed E-state index contributed by atoms with van der Waals surface area (Å²) in [7, 11) is -1.84. The van der Waals surface area contributed by atoms with Crippen molar-refractivity contribution in [3.63, 3.8) is 0 Å². The van der Waals surface area contributed by atoms with E-state index >= 15 is 0 Å². The lowest BCUT2D eigenvalue weighted by molar-refractivity contribution is 0.313. The van der Waals surface area contributed by atoms with Gasteiger partial charge in [0.05, 0.1) is 21.6 Å². The number of amidine groups is 1. The molecule has 1 aromatic heterocycles. The van der Waals surface area contributed by atoms with E-state index in [1.165, 1.54) is 4.31 Å². The number of anilines is 1. The number of imidazole rings is 1. The molecule has 42 heavy (non-hydrogen) atoms. The lowest BCUT2D eigenvalue weighted by Gasteiger charge is -2.28. The van der Waals surface area contributed by atoms with Crippen molar-refractivity contribution in [2.45, 2.75) is 31.6 Å². The maximum absolute atomic E-state index is 14.2. The molecule has 0 spiro atoms. The Balaban J connectivity index is 1.47. The molecular weight excluding hydrogens is 544 g/mol. The Hall–Kier alpha value is -4.21. The highest BCUT2D eigenvalue weighted by Gasteiger charge is 2.26. The van der Waals surface area contributed by atoms with Crippen LogP contribution in [0.5, 0.6) is 0 Å². The van der Waals surface area contributed by atoms with Gasteiger partial charge in [0, 0.05) is 32.1 Å². The normalized spacial score (nSPS) is 11.9. The highest BCUT2D eigenvalue weighted by molar-refractivity contribution is 7.92. The Morgan fingerprint density at radius 2 is 1.60 bits per heavy atom. The quantitative estimate of drug-likeness (QED) is 0.153. The lowest BCUT2D eigenvalue weighted by atomic mass is 10.1. The van der Waals surface area contributed by atoms with Gasteiger partial charge in [-0.15, -0.1) is 0 Å². The van der Waals surface area contributed by atoms with E-state index in [0.717, 1.165) is 59.1 Å². The Morgan fingerprint density at radius 3 is 2.29 bits per heavy atom. The van der Waals surface area contributed by atoms with Gasteiger partial charge in [0.15, 0.2) is 0 Å². The number of benzene rings is 4. The molecule has 0 bridgehead atoms. The average Bonchev–Trinajstić information content (AvgIpc) is 3.32. The molecule has 0 saturated heterocycles. The van der Waals surface area contributed by atoms with Crippen LogP contribution in [-0.4, -0.2) is 54.9 Å². The monoisotopic (exact) mass is 582 g/mol. The van der Waals surface area contributed by atoms with Crippen molar-refractivity contribution < 1.29 is 8.42 Å². The first-order valence-electron chi connectivity index (χ1n) is 14.3. The van der Waals surface area contributed by atoms with Crippen molar-refractivity contribution in [2.24, 2.45) is 12.8 Å². The second kappa shape index (κ2) is 12.3. The molecule has 9 heteroatoms. The minimum absolute atomic E-state index is 0.0569. The summed E-state index contributed by atoms with van der Waals surface area (Å²) in [6.07, 6.45) is 1.51. The van der Waals surface area contributed by atoms with Gasteiger partial charge >= 0.3 is 0 Å². The topological polar surface area (TPSA) is 108 Å². The number of fused-ring (bicyclic) bond motifs is 2. The van der Waals surface area contributed by atoms with E-state index in [4.69, 9.17) is 16.1 Å². The van der Waals surface area contributed by atoms with Crippen LogP contribution in [0.3, 0.4) is 0 Å². The maximum Gasteiger partial charge on any atom is 0.264 e. The Morgan fingerprint density at radius 1 is 0.881 bits per heavy atom. The van der Waals surface area contributed by atoms with E-state index in [0.29, 0.717) is 24.3 Å². The molecule has 4 aromatic carbocycles. The molecule has 0 aliphatic carbocycles. The summed E-state index contributed by atoms with van der Waals surface area (Å²) in [4.78, 5) is 7.42. The van der Waals surface area contributed by atoms with Crippen LogP contribution in [0.2, 0.25) is 0 Å². The van der Waals surface area contributed by atoms with Crippen LogP contribution in [0, 0.1) is 5.41 Å². The zero-order chi connectivity index (χ0) is 29.9. The molecule has 5 rings (SSSR count). The van der Waals surface area contributed by atoms with Gasteiger partial charge in [-0.3, -0.25) is 9.71 Å². The van der Waals surface area contributed by atoms with Gasteiger partial charge in [-0.05, 0) is 66.2 Å². The molecule has 0 amide bonds. The number of nitrogens with zero attached hydrogens (tertiary/aromatic N) is 4. The van der Waals surface area contributed by atoms with Crippen LogP contribution in [0.1, 0.15) is 30.8 Å². The second-order valence-corrected chi connectivity index (χ2v) is 12.3. The summed E-state index contributed by atoms with van der Waals surface area (Å²) >= 11 is 0. The molecule has 0 aliphatic rings. The standard InChI is InChI=1S/C33H38N6O2S/c1-4-38(5-2)20-21-39(42(40,41)29-17-15-25-8-6-7-9-27(25)22-29)28-16-18-31-30(23-28)36-32(37(31)3)19-12-24-10-13-26(14-11-24)33(34)35/h6-11,13-18,22-23H,4-5,12,19-21H2,1-3H3,(H3,34,35). The molecule has 218 valence electrons. The highest BCUT2D eigenvalue weighted by atomic mass is 32.2. The third kappa shape index (κ3) is 6.03. The van der Waals surface area contributed by atoms with E-state index < -0.39 is 10.0 Å². The average molecular weight is 583 g/mol. The van der Waals surface area contributed by atoms with Gasteiger partial charge in [0.1, 0.15) is 11.7 Å². The molecule has 3 N–H and O–H groups in total. The van der Waals surface area contributed by atoms with Crippen LogP contribution in [-0.2, 0) is 29.9 Å². The molecule has 1 heterocycles. The fourth-order valence-corrected chi connectivity index (χ4v) is 6.82. The fraction of sp³-hybridized carbons (Fsp3) is 0.273. The summed E-state index contributed by atoms with van der Waals surface area (Å²) in [5.41, 5.74) is 9.74. The lowest BCUT2D eigenvalue weighted by Crippen LogP contribution is -2.38. The van der Waals surface area contributed by atoms with Gasteiger partial charge in [0.2, 0.25) is 0 Å². The fourth-order valence-electron chi connectivity index (χ4n) is 5.34. The first kappa shape index (κ1) is 29.3. The predicted molar refractivity (Wildman–Crippen MR) is 172 cm³/mol. The van der Waals surface area contributed by atoms with E-state index in [9.17, 15) is 8.42 Å². The minimum atomic E-state index is -3.84. The molecule has 0 aliphatic heterocycles. The van der Waals surface area contributed by atoms with Crippen molar-refractivity contribution in [3.05, 3.63) is 102 Å². The minimum Gasteiger partial charge on any atom is -0.384 e. The molecule has 0 atom stereocenters. The number of sulfonamides is 1. The number of nitrogen functional groups attached to an aromatic ring is 1. The Kier molecular flexibility index (Phi) is 8.61. The number of rotatable bonds is 12. The summed E-state index contributed by atoms with van der Waals surface area (Å²) in [5.74, 6) is 0.978. The molecule has 8 nitrogen and oxygen atoms in total. The maximum atomic E-state index is 14.2. The highest BCUT2D eigenvalue weighted by Crippen LogP contribution is 2.29. The van der Waals surface area contributed by atoms with Crippen molar-refractivity contribution >= 4 is 43.4 Å². The van der Waals surface area contributed by atoms with Crippen LogP contribution in [0.4, 0.5) is 5.69 Å². The number of nitrogens with one attached hydrogen (secondary N) is 1. The zero-order valence-corrected chi connectivity index (χ0v) is 25.2. The number of aromatic nitrogens is 2. The van der Waals surface area contributed by atoms with E-state index in [1.54, 1.807) is 12.1 Å². The SMILES string of the molecule is CCN(CC)CCN(c1ccc2c(c1)nc(CCc1ccc(C(=N)N)cc1)n2C)S(=O)(=O)c1ccc2ccccc2c1. The molecular formula is C33H38N6O2S. The Labute approximate surface area is 248 Å².